The minimum absolute atomic E-state index is 0.205. The molecule has 2 fully saturated rings. The number of allylic oxidation sites excluding steroid dienone is 8. The fourth-order valence-corrected chi connectivity index (χ4v) is 12.8. The highest BCUT2D eigenvalue weighted by atomic mass is 16.7. The molecule has 2 aliphatic rings. The molecule has 14 heteroatoms. The van der Waals surface area contributed by atoms with Gasteiger partial charge in [0.2, 0.25) is 5.91 Å². The van der Waals surface area contributed by atoms with Gasteiger partial charge in [-0.2, -0.15) is 0 Å². The van der Waals surface area contributed by atoms with Gasteiger partial charge >= 0.3 is 0 Å². The van der Waals surface area contributed by atoms with Crippen molar-refractivity contribution in [3.05, 3.63) is 48.6 Å². The summed E-state index contributed by atoms with van der Waals surface area (Å²) in [5.74, 6) is -0.205. The highest BCUT2D eigenvalue weighted by molar-refractivity contribution is 5.76. The topological polar surface area (TPSA) is 228 Å². The van der Waals surface area contributed by atoms with E-state index in [2.05, 4.69) is 67.8 Å². The Balaban J connectivity index is 1.62. The van der Waals surface area contributed by atoms with E-state index in [0.29, 0.717) is 12.8 Å². The second-order valence-electron chi connectivity index (χ2n) is 27.1. The lowest BCUT2D eigenvalue weighted by Gasteiger charge is -2.46. The monoisotopic (exact) mass is 1290 g/mol. The molecule has 12 unspecified atom stereocenters. The SMILES string of the molecule is CC/C=C\C/C=C\C/C=C\C/C=C\CCCCCCCCCCCCCCC(=O)NC(COC1OC(CO)C(OC2OC(CO)C(O)C(O)C2O)C(O)C1O)C(O)CCCCCCCCCCCCCCCCCCCCCCCCCCCCCCCCCC. The van der Waals surface area contributed by atoms with Crippen molar-refractivity contribution in [1.29, 1.82) is 0 Å². The van der Waals surface area contributed by atoms with E-state index < -0.39 is 86.8 Å². The zero-order valence-electron chi connectivity index (χ0n) is 58.3. The summed E-state index contributed by atoms with van der Waals surface area (Å²) in [5.41, 5.74) is 0. The maximum Gasteiger partial charge on any atom is 0.220 e. The van der Waals surface area contributed by atoms with E-state index in [-0.39, 0.29) is 12.5 Å². The lowest BCUT2D eigenvalue weighted by atomic mass is 9.97. The van der Waals surface area contributed by atoms with Crippen molar-refractivity contribution in [3.8, 4) is 0 Å². The Morgan fingerprint density at radius 1 is 0.407 bits per heavy atom. The van der Waals surface area contributed by atoms with Crippen molar-refractivity contribution in [1.82, 2.24) is 5.32 Å². The maximum atomic E-state index is 13.4. The first-order valence-corrected chi connectivity index (χ1v) is 38.4. The van der Waals surface area contributed by atoms with Crippen LogP contribution in [0, 0.1) is 0 Å². The Morgan fingerprint density at radius 3 is 1.16 bits per heavy atom. The first-order chi connectivity index (χ1) is 44.6. The van der Waals surface area contributed by atoms with Gasteiger partial charge in [0, 0.05) is 6.42 Å². The molecule has 2 rings (SSSR count). The summed E-state index contributed by atoms with van der Waals surface area (Å²) < 4.78 is 23.0. The number of nitrogens with one attached hydrogen (secondary N) is 1. The number of hydrogen-bond donors (Lipinski definition) is 9. The Hall–Kier alpha value is -2.05. The predicted octanol–water partition coefficient (Wildman–Crippen LogP) is 16.6. The van der Waals surface area contributed by atoms with Crippen molar-refractivity contribution in [2.24, 2.45) is 0 Å². The molecule has 2 saturated heterocycles. The molecule has 0 aliphatic carbocycles. The lowest BCUT2D eigenvalue weighted by Crippen LogP contribution is -2.65. The first-order valence-electron chi connectivity index (χ1n) is 38.4. The van der Waals surface area contributed by atoms with Gasteiger partial charge < -0.3 is 65.1 Å². The molecule has 0 bridgehead atoms. The summed E-state index contributed by atoms with van der Waals surface area (Å²) in [6.45, 7) is 2.80. The number of ether oxygens (including phenoxy) is 4. The molecule has 2 aliphatic heterocycles. The minimum Gasteiger partial charge on any atom is -0.394 e. The number of carbonyl (C=O) groups excluding carboxylic acids is 1. The van der Waals surface area contributed by atoms with Gasteiger partial charge in [0.05, 0.1) is 32.0 Å². The molecule has 0 radical (unpaired) electrons. The predicted molar refractivity (Wildman–Crippen MR) is 374 cm³/mol. The molecule has 0 aromatic heterocycles. The highest BCUT2D eigenvalue weighted by Crippen LogP contribution is 2.30. The molecule has 12 atom stereocenters. The van der Waals surface area contributed by atoms with Gasteiger partial charge in [-0.15, -0.1) is 0 Å². The van der Waals surface area contributed by atoms with Crippen LogP contribution in [-0.2, 0) is 23.7 Å². The molecule has 0 spiro atoms. The zero-order valence-corrected chi connectivity index (χ0v) is 58.3. The summed E-state index contributed by atoms with van der Waals surface area (Å²) in [6, 6.07) is -0.833. The van der Waals surface area contributed by atoms with Crippen LogP contribution in [0.15, 0.2) is 48.6 Å². The van der Waals surface area contributed by atoms with Crippen molar-refractivity contribution in [2.45, 2.75) is 415 Å². The number of aliphatic hydroxyl groups excluding tert-OH is 8. The molecule has 0 saturated carbocycles. The van der Waals surface area contributed by atoms with Gasteiger partial charge in [0.15, 0.2) is 12.6 Å². The van der Waals surface area contributed by atoms with Gasteiger partial charge in [-0.05, 0) is 51.4 Å². The first kappa shape index (κ1) is 85.0. The van der Waals surface area contributed by atoms with Crippen LogP contribution in [0.5, 0.6) is 0 Å². The largest absolute Gasteiger partial charge is 0.394 e. The number of unbranched alkanes of at least 4 members (excludes halogenated alkanes) is 43. The van der Waals surface area contributed by atoms with Crippen LogP contribution in [0.3, 0.4) is 0 Å². The van der Waals surface area contributed by atoms with Gasteiger partial charge in [-0.25, -0.2) is 0 Å². The van der Waals surface area contributed by atoms with Crippen molar-refractivity contribution in [3.63, 3.8) is 0 Å². The van der Waals surface area contributed by atoms with E-state index in [9.17, 15) is 45.6 Å². The van der Waals surface area contributed by atoms with Crippen LogP contribution in [0.4, 0.5) is 0 Å². The van der Waals surface area contributed by atoms with Crippen LogP contribution in [-0.4, -0.2) is 140 Å². The molecule has 0 aromatic rings. The van der Waals surface area contributed by atoms with E-state index in [1.807, 2.05) is 0 Å². The van der Waals surface area contributed by atoms with E-state index in [1.54, 1.807) is 0 Å². The van der Waals surface area contributed by atoms with Gasteiger partial charge in [0.25, 0.3) is 0 Å². The molecule has 9 N–H and O–H groups in total. The fraction of sp³-hybridized carbons (Fsp3) is 0.883. The van der Waals surface area contributed by atoms with Crippen molar-refractivity contribution < 1.29 is 64.6 Å². The molecule has 14 nitrogen and oxygen atoms in total. The van der Waals surface area contributed by atoms with E-state index in [4.69, 9.17) is 18.9 Å². The number of amides is 1. The molecular formula is C77H143NO13. The molecule has 534 valence electrons. The number of rotatable bonds is 64. The third-order valence-corrected chi connectivity index (χ3v) is 18.8. The summed E-state index contributed by atoms with van der Waals surface area (Å²) in [6.07, 6.45) is 64.3. The zero-order chi connectivity index (χ0) is 65.9. The summed E-state index contributed by atoms with van der Waals surface area (Å²) in [4.78, 5) is 13.4. The lowest BCUT2D eigenvalue weighted by molar-refractivity contribution is -0.359. The van der Waals surface area contributed by atoms with Crippen LogP contribution in [0.25, 0.3) is 0 Å². The fourth-order valence-electron chi connectivity index (χ4n) is 12.8. The smallest absolute Gasteiger partial charge is 0.220 e. The minimum atomic E-state index is -1.78. The Morgan fingerprint density at radius 2 is 0.758 bits per heavy atom. The Bertz CT molecular complexity index is 1710. The van der Waals surface area contributed by atoms with Crippen LogP contribution in [0.1, 0.15) is 341 Å². The van der Waals surface area contributed by atoms with Gasteiger partial charge in [-0.3, -0.25) is 4.79 Å². The third kappa shape index (κ3) is 45.2. The van der Waals surface area contributed by atoms with E-state index >= 15 is 0 Å². The normalized spacial score (nSPS) is 23.0. The molecule has 1 amide bonds. The second kappa shape index (κ2) is 61.5. The highest BCUT2D eigenvalue weighted by Gasteiger charge is 2.51. The Labute approximate surface area is 556 Å². The third-order valence-electron chi connectivity index (χ3n) is 18.8. The molecule has 91 heavy (non-hydrogen) atoms. The summed E-state index contributed by atoms with van der Waals surface area (Å²) >= 11 is 0. The summed E-state index contributed by atoms with van der Waals surface area (Å²) in [7, 11) is 0. The summed E-state index contributed by atoms with van der Waals surface area (Å²) in [5, 5.41) is 87.8. The molecule has 0 aromatic carbocycles. The van der Waals surface area contributed by atoms with Crippen LogP contribution < -0.4 is 5.32 Å². The van der Waals surface area contributed by atoms with Crippen LogP contribution in [0.2, 0.25) is 0 Å². The van der Waals surface area contributed by atoms with Crippen molar-refractivity contribution in [2.75, 3.05) is 19.8 Å². The Kier molecular flexibility index (Phi) is 57.5. The quantitative estimate of drug-likeness (QED) is 0.0204. The average molecular weight is 1290 g/mol. The average Bonchev–Trinajstić information content (AvgIpc) is 1.15. The number of carbonyl (C=O) groups is 1. The molecular weight excluding hydrogens is 1150 g/mol. The van der Waals surface area contributed by atoms with E-state index in [1.165, 1.54) is 231 Å². The standard InChI is InChI=1S/C77H143NO13/c1-3-5-7-9-11-13-15-17-19-21-23-25-27-29-30-31-32-33-34-35-37-38-40-42-44-46-48-50-52-54-56-58-60-66(81)65(64-88-76-74(87)72(85)75(68(63-80)90-76)91-77-73(86)71(84)70(83)67(62-79)89-77)78-69(82)61-59-57-55-53-51-49-47-45-43-41-39-36-28-26-24-22-20-18-16-14-12-10-8-6-4-2/h6,8,12,14,18,20,24,26,65-68,70-77,79-81,83-87H,3-5,7,9-11,13,15-17,19,21-23,25,27-64H2,1-2H3,(H,78,82)/b8-6-,14-12-,20-18-,26-24-. The van der Waals surface area contributed by atoms with Crippen molar-refractivity contribution >= 4 is 5.91 Å². The molecule has 2 heterocycles. The maximum absolute atomic E-state index is 13.4. The number of hydrogen-bond acceptors (Lipinski definition) is 13. The van der Waals surface area contributed by atoms with Gasteiger partial charge in [0.1, 0.15) is 48.8 Å². The van der Waals surface area contributed by atoms with Crippen LogP contribution >= 0.6 is 0 Å². The number of aliphatic hydroxyl groups is 8. The second-order valence-corrected chi connectivity index (χ2v) is 27.1. The van der Waals surface area contributed by atoms with Gasteiger partial charge in [-0.1, -0.05) is 332 Å². The van der Waals surface area contributed by atoms with E-state index in [0.717, 1.165) is 83.5 Å².